The first-order valence-corrected chi connectivity index (χ1v) is 7.65. The molecule has 0 radical (unpaired) electrons. The van der Waals surface area contributed by atoms with Crippen molar-refractivity contribution >= 4 is 9.84 Å². The van der Waals surface area contributed by atoms with E-state index in [0.29, 0.717) is 5.75 Å². The molecule has 0 aromatic heterocycles. The monoisotopic (exact) mass is 248 g/mol. The van der Waals surface area contributed by atoms with Crippen LogP contribution in [0.25, 0.3) is 0 Å². The lowest BCUT2D eigenvalue weighted by molar-refractivity contribution is 0.367. The highest BCUT2D eigenvalue weighted by molar-refractivity contribution is 7.91. The highest BCUT2D eigenvalue weighted by Crippen LogP contribution is 2.22. The summed E-state index contributed by atoms with van der Waals surface area (Å²) in [7, 11) is -2.80. The van der Waals surface area contributed by atoms with Crippen molar-refractivity contribution in [3.05, 3.63) is 0 Å². The fourth-order valence-corrected chi connectivity index (χ4v) is 4.07. The minimum Gasteiger partial charge on any atom is -0.311 e. The first-order chi connectivity index (χ1) is 7.12. The average molecular weight is 248 g/mol. The molecule has 1 fully saturated rings. The molecule has 1 atom stereocenters. The highest BCUT2D eigenvalue weighted by atomic mass is 32.2. The SMILES string of the molecule is CC(C)(C)NCCNC1(C)CCS(=O)(=O)C1. The van der Waals surface area contributed by atoms with Crippen LogP contribution in [-0.4, -0.2) is 44.1 Å². The van der Waals surface area contributed by atoms with E-state index in [1.54, 1.807) is 0 Å². The number of rotatable bonds is 4. The van der Waals surface area contributed by atoms with Gasteiger partial charge in [-0.3, -0.25) is 0 Å². The van der Waals surface area contributed by atoms with Crippen molar-refractivity contribution in [3.63, 3.8) is 0 Å². The van der Waals surface area contributed by atoms with E-state index in [2.05, 4.69) is 31.4 Å². The molecule has 1 saturated heterocycles. The average Bonchev–Trinajstić information content (AvgIpc) is 2.34. The van der Waals surface area contributed by atoms with Gasteiger partial charge in [-0.1, -0.05) is 0 Å². The third kappa shape index (κ3) is 4.80. The van der Waals surface area contributed by atoms with Gasteiger partial charge in [0.2, 0.25) is 0 Å². The molecule has 0 saturated carbocycles. The van der Waals surface area contributed by atoms with Crippen molar-refractivity contribution in [2.45, 2.75) is 45.2 Å². The van der Waals surface area contributed by atoms with E-state index in [4.69, 9.17) is 0 Å². The van der Waals surface area contributed by atoms with E-state index in [1.165, 1.54) is 0 Å². The second-order valence-corrected chi connectivity index (χ2v) is 8.19. The third-order valence-corrected chi connectivity index (χ3v) is 4.74. The van der Waals surface area contributed by atoms with Crippen LogP contribution in [0.1, 0.15) is 34.1 Å². The zero-order valence-electron chi connectivity index (χ0n) is 10.8. The van der Waals surface area contributed by atoms with Crippen LogP contribution in [0.3, 0.4) is 0 Å². The van der Waals surface area contributed by atoms with Gasteiger partial charge in [0, 0.05) is 24.2 Å². The predicted octanol–water partition coefficient (Wildman–Crippen LogP) is 0.541. The maximum absolute atomic E-state index is 11.4. The zero-order chi connectivity index (χ0) is 12.4. The number of hydrogen-bond donors (Lipinski definition) is 2. The molecule has 0 aliphatic carbocycles. The minimum atomic E-state index is -2.80. The van der Waals surface area contributed by atoms with Gasteiger partial charge in [-0.2, -0.15) is 0 Å². The van der Waals surface area contributed by atoms with Gasteiger partial charge >= 0.3 is 0 Å². The fraction of sp³-hybridized carbons (Fsp3) is 1.00. The molecule has 1 aliphatic heterocycles. The van der Waals surface area contributed by atoms with Gasteiger partial charge in [0.05, 0.1) is 11.5 Å². The molecular formula is C11H24N2O2S. The summed E-state index contributed by atoms with van der Waals surface area (Å²) in [6, 6.07) is 0. The van der Waals surface area contributed by atoms with E-state index in [9.17, 15) is 8.42 Å². The summed E-state index contributed by atoms with van der Waals surface area (Å²) in [6.45, 7) is 10.0. The van der Waals surface area contributed by atoms with Gasteiger partial charge in [-0.25, -0.2) is 8.42 Å². The molecular weight excluding hydrogens is 224 g/mol. The van der Waals surface area contributed by atoms with Crippen LogP contribution in [0.4, 0.5) is 0 Å². The molecule has 0 amide bonds. The maximum atomic E-state index is 11.4. The lowest BCUT2D eigenvalue weighted by atomic mass is 10.0. The Bertz CT molecular complexity index is 332. The largest absolute Gasteiger partial charge is 0.311 e. The van der Waals surface area contributed by atoms with Crippen molar-refractivity contribution in [3.8, 4) is 0 Å². The van der Waals surface area contributed by atoms with Crippen molar-refractivity contribution < 1.29 is 8.42 Å². The minimum absolute atomic E-state index is 0.115. The van der Waals surface area contributed by atoms with Crippen LogP contribution < -0.4 is 10.6 Å². The van der Waals surface area contributed by atoms with Gasteiger partial charge in [-0.05, 0) is 34.1 Å². The van der Waals surface area contributed by atoms with Gasteiger partial charge in [0.15, 0.2) is 9.84 Å². The summed E-state index contributed by atoms with van der Waals surface area (Å²) >= 11 is 0. The lowest BCUT2D eigenvalue weighted by Gasteiger charge is -2.26. The molecule has 0 aromatic carbocycles. The Morgan fingerprint density at radius 2 is 1.88 bits per heavy atom. The first-order valence-electron chi connectivity index (χ1n) is 5.82. The van der Waals surface area contributed by atoms with E-state index < -0.39 is 9.84 Å². The van der Waals surface area contributed by atoms with E-state index in [0.717, 1.165) is 19.5 Å². The summed E-state index contributed by atoms with van der Waals surface area (Å²) in [5.74, 6) is 0.596. The Balaban J connectivity index is 2.29. The molecule has 2 N–H and O–H groups in total. The van der Waals surface area contributed by atoms with Crippen molar-refractivity contribution in [1.29, 1.82) is 0 Å². The molecule has 96 valence electrons. The van der Waals surface area contributed by atoms with E-state index in [-0.39, 0.29) is 16.8 Å². The van der Waals surface area contributed by atoms with Gasteiger partial charge < -0.3 is 10.6 Å². The van der Waals surface area contributed by atoms with Crippen molar-refractivity contribution in [2.24, 2.45) is 0 Å². The normalized spacial score (nSPS) is 29.5. The number of hydrogen-bond acceptors (Lipinski definition) is 4. The molecule has 16 heavy (non-hydrogen) atoms. The maximum Gasteiger partial charge on any atom is 0.152 e. The molecule has 1 unspecified atom stereocenters. The Hall–Kier alpha value is -0.130. The van der Waals surface area contributed by atoms with Crippen LogP contribution in [0.15, 0.2) is 0 Å². The van der Waals surface area contributed by atoms with Crippen LogP contribution in [-0.2, 0) is 9.84 Å². The quantitative estimate of drug-likeness (QED) is 0.713. The first kappa shape index (κ1) is 13.9. The molecule has 1 heterocycles. The topological polar surface area (TPSA) is 58.2 Å². The highest BCUT2D eigenvalue weighted by Gasteiger charge is 2.37. The fourth-order valence-electron chi connectivity index (χ4n) is 1.95. The van der Waals surface area contributed by atoms with Gasteiger partial charge in [0.1, 0.15) is 0 Å². The van der Waals surface area contributed by atoms with Gasteiger partial charge in [0.25, 0.3) is 0 Å². The third-order valence-electron chi connectivity index (χ3n) is 2.84. The van der Waals surface area contributed by atoms with Crippen LogP contribution >= 0.6 is 0 Å². The Morgan fingerprint density at radius 3 is 2.31 bits per heavy atom. The Kier molecular flexibility index (Phi) is 4.03. The Morgan fingerprint density at radius 1 is 1.25 bits per heavy atom. The molecule has 1 aliphatic rings. The molecule has 5 heteroatoms. The molecule has 0 aromatic rings. The van der Waals surface area contributed by atoms with Crippen molar-refractivity contribution in [2.75, 3.05) is 24.6 Å². The number of sulfone groups is 1. The molecule has 0 spiro atoms. The van der Waals surface area contributed by atoms with Crippen LogP contribution in [0, 0.1) is 0 Å². The summed E-state index contributed by atoms with van der Waals surface area (Å²) in [5, 5.41) is 6.72. The second kappa shape index (κ2) is 4.63. The molecule has 0 bridgehead atoms. The molecule has 1 rings (SSSR count). The smallest absolute Gasteiger partial charge is 0.152 e. The van der Waals surface area contributed by atoms with E-state index >= 15 is 0 Å². The Labute approximate surface area is 99.1 Å². The zero-order valence-corrected chi connectivity index (χ0v) is 11.6. The second-order valence-electron chi connectivity index (χ2n) is 6.01. The van der Waals surface area contributed by atoms with Crippen LogP contribution in [0.2, 0.25) is 0 Å². The number of nitrogens with one attached hydrogen (secondary N) is 2. The van der Waals surface area contributed by atoms with Gasteiger partial charge in [-0.15, -0.1) is 0 Å². The summed E-state index contributed by atoms with van der Waals surface area (Å²) in [6.07, 6.45) is 0.727. The lowest BCUT2D eigenvalue weighted by Crippen LogP contribution is -2.48. The van der Waals surface area contributed by atoms with E-state index in [1.807, 2.05) is 6.92 Å². The summed E-state index contributed by atoms with van der Waals surface area (Å²) < 4.78 is 22.8. The van der Waals surface area contributed by atoms with Crippen molar-refractivity contribution in [1.82, 2.24) is 10.6 Å². The summed E-state index contributed by atoms with van der Waals surface area (Å²) in [4.78, 5) is 0. The van der Waals surface area contributed by atoms with Crippen LogP contribution in [0.5, 0.6) is 0 Å². The molecule has 4 nitrogen and oxygen atoms in total. The predicted molar refractivity (Wildman–Crippen MR) is 67.4 cm³/mol. The summed E-state index contributed by atoms with van der Waals surface area (Å²) in [5.41, 5.74) is -0.108. The standard InChI is InChI=1S/C11H24N2O2S/c1-10(2,3)12-6-7-13-11(4)5-8-16(14,15)9-11/h12-13H,5-9H2,1-4H3.